The van der Waals surface area contributed by atoms with Crippen molar-refractivity contribution in [1.29, 1.82) is 0 Å². The second kappa shape index (κ2) is 8.70. The summed E-state index contributed by atoms with van der Waals surface area (Å²) in [7, 11) is 0. The summed E-state index contributed by atoms with van der Waals surface area (Å²) < 4.78 is 0. The van der Waals surface area contributed by atoms with Crippen molar-refractivity contribution in [3.05, 3.63) is 35.4 Å². The van der Waals surface area contributed by atoms with Gasteiger partial charge < -0.3 is 11.1 Å². The average Bonchev–Trinajstić information content (AvgIpc) is 2.41. The predicted octanol–water partition coefficient (Wildman–Crippen LogP) is 2.42. The van der Waals surface area contributed by atoms with Crippen LogP contribution in [0.4, 0.5) is 0 Å². The van der Waals surface area contributed by atoms with Gasteiger partial charge in [-0.1, -0.05) is 36.8 Å². The van der Waals surface area contributed by atoms with Gasteiger partial charge in [-0.15, -0.1) is 0 Å². The predicted molar refractivity (Wildman–Crippen MR) is 80.0 cm³/mol. The second-order valence-corrected chi connectivity index (χ2v) is 5.32. The first-order valence-electron chi connectivity index (χ1n) is 7.14. The molecule has 19 heavy (non-hydrogen) atoms. The summed E-state index contributed by atoms with van der Waals surface area (Å²) in [6.07, 6.45) is 3.46. The van der Waals surface area contributed by atoms with Crippen LogP contribution in [0.5, 0.6) is 0 Å². The van der Waals surface area contributed by atoms with E-state index in [0.29, 0.717) is 12.3 Å². The van der Waals surface area contributed by atoms with Crippen LogP contribution in [0.1, 0.15) is 37.3 Å². The molecule has 0 spiro atoms. The lowest BCUT2D eigenvalue weighted by atomic mass is 10.1. The van der Waals surface area contributed by atoms with Gasteiger partial charge in [-0.05, 0) is 44.2 Å². The second-order valence-electron chi connectivity index (χ2n) is 5.32. The van der Waals surface area contributed by atoms with E-state index < -0.39 is 0 Å². The molecule has 1 unspecified atom stereocenters. The molecule has 0 saturated carbocycles. The Morgan fingerprint density at radius 3 is 2.89 bits per heavy atom. The molecule has 1 aromatic rings. The molecule has 0 radical (unpaired) electrons. The van der Waals surface area contributed by atoms with Crippen LogP contribution in [-0.2, 0) is 11.2 Å². The highest BCUT2D eigenvalue weighted by Crippen LogP contribution is 2.06. The maximum absolute atomic E-state index is 11.7. The van der Waals surface area contributed by atoms with E-state index in [1.165, 1.54) is 11.1 Å². The summed E-state index contributed by atoms with van der Waals surface area (Å²) in [5.74, 6) is 0.686. The summed E-state index contributed by atoms with van der Waals surface area (Å²) in [6, 6.07) is 8.32. The quantitative estimate of drug-likeness (QED) is 0.707. The smallest absolute Gasteiger partial charge is 0.220 e. The molecule has 1 rings (SSSR count). The largest absolute Gasteiger partial charge is 0.356 e. The van der Waals surface area contributed by atoms with Gasteiger partial charge in [0.15, 0.2) is 0 Å². The van der Waals surface area contributed by atoms with Crippen LogP contribution in [0.2, 0.25) is 0 Å². The Morgan fingerprint density at radius 1 is 1.42 bits per heavy atom. The van der Waals surface area contributed by atoms with Crippen LogP contribution < -0.4 is 11.1 Å². The maximum atomic E-state index is 11.7. The Labute approximate surface area is 116 Å². The fourth-order valence-electron chi connectivity index (χ4n) is 2.01. The fourth-order valence-corrected chi connectivity index (χ4v) is 2.01. The summed E-state index contributed by atoms with van der Waals surface area (Å²) >= 11 is 0. The summed E-state index contributed by atoms with van der Waals surface area (Å²) in [6.45, 7) is 5.69. The van der Waals surface area contributed by atoms with E-state index in [4.69, 9.17) is 5.73 Å². The minimum atomic E-state index is 0.141. The zero-order valence-corrected chi connectivity index (χ0v) is 12.1. The molecule has 0 aliphatic carbocycles. The van der Waals surface area contributed by atoms with E-state index in [0.717, 1.165) is 32.4 Å². The third-order valence-electron chi connectivity index (χ3n) is 3.32. The zero-order chi connectivity index (χ0) is 14.1. The molecule has 0 heterocycles. The molecule has 1 atom stereocenters. The van der Waals surface area contributed by atoms with E-state index in [9.17, 15) is 4.79 Å². The van der Waals surface area contributed by atoms with Crippen LogP contribution in [0, 0.1) is 12.8 Å². The van der Waals surface area contributed by atoms with Crippen LogP contribution in [0.3, 0.4) is 0 Å². The first-order valence-corrected chi connectivity index (χ1v) is 7.14. The van der Waals surface area contributed by atoms with Gasteiger partial charge in [0.2, 0.25) is 5.91 Å². The van der Waals surface area contributed by atoms with Gasteiger partial charge in [0.1, 0.15) is 0 Å². The molecular formula is C16H26N2O. The van der Waals surface area contributed by atoms with E-state index in [1.807, 2.05) is 6.07 Å². The number of nitrogens with one attached hydrogen (secondary N) is 1. The third kappa shape index (κ3) is 6.97. The number of aryl methyl sites for hydroxylation is 2. The zero-order valence-electron chi connectivity index (χ0n) is 12.1. The molecular weight excluding hydrogens is 236 g/mol. The van der Waals surface area contributed by atoms with Crippen molar-refractivity contribution in [1.82, 2.24) is 5.32 Å². The third-order valence-corrected chi connectivity index (χ3v) is 3.32. The highest BCUT2D eigenvalue weighted by Gasteiger charge is 2.03. The lowest BCUT2D eigenvalue weighted by Crippen LogP contribution is -2.25. The van der Waals surface area contributed by atoms with Crippen LogP contribution >= 0.6 is 0 Å². The monoisotopic (exact) mass is 262 g/mol. The molecule has 106 valence electrons. The Hall–Kier alpha value is -1.35. The maximum Gasteiger partial charge on any atom is 0.220 e. The minimum absolute atomic E-state index is 0.141. The molecule has 3 heteroatoms. The van der Waals surface area contributed by atoms with Gasteiger partial charge in [-0.3, -0.25) is 4.79 Å². The van der Waals surface area contributed by atoms with Crippen LogP contribution in [0.25, 0.3) is 0 Å². The molecule has 0 aliphatic rings. The number of hydrogen-bond acceptors (Lipinski definition) is 2. The Kier molecular flexibility index (Phi) is 7.19. The van der Waals surface area contributed by atoms with Gasteiger partial charge in [0.25, 0.3) is 0 Å². The van der Waals surface area contributed by atoms with E-state index in [2.05, 4.69) is 37.4 Å². The highest BCUT2D eigenvalue weighted by atomic mass is 16.1. The van der Waals surface area contributed by atoms with Gasteiger partial charge >= 0.3 is 0 Å². The van der Waals surface area contributed by atoms with Crippen molar-refractivity contribution in [2.45, 2.75) is 39.5 Å². The first-order chi connectivity index (χ1) is 9.11. The first kappa shape index (κ1) is 15.7. The van der Waals surface area contributed by atoms with E-state index in [-0.39, 0.29) is 5.91 Å². The SMILES string of the molecule is Cc1cccc(CCC(=O)NCCCC(C)CN)c1. The summed E-state index contributed by atoms with van der Waals surface area (Å²) in [5, 5.41) is 2.97. The average molecular weight is 262 g/mol. The molecule has 3 N–H and O–H groups in total. The highest BCUT2D eigenvalue weighted by molar-refractivity contribution is 5.76. The molecule has 0 saturated heterocycles. The van der Waals surface area contributed by atoms with Crippen molar-refractivity contribution in [2.75, 3.05) is 13.1 Å². The van der Waals surface area contributed by atoms with Crippen molar-refractivity contribution >= 4 is 5.91 Å². The molecule has 3 nitrogen and oxygen atoms in total. The van der Waals surface area contributed by atoms with Crippen LogP contribution in [0.15, 0.2) is 24.3 Å². The summed E-state index contributed by atoms with van der Waals surface area (Å²) in [5.41, 5.74) is 8.02. The topological polar surface area (TPSA) is 55.1 Å². The molecule has 1 amide bonds. The van der Waals surface area contributed by atoms with Gasteiger partial charge in [-0.25, -0.2) is 0 Å². The minimum Gasteiger partial charge on any atom is -0.356 e. The van der Waals surface area contributed by atoms with Gasteiger partial charge in [0.05, 0.1) is 0 Å². The lowest BCUT2D eigenvalue weighted by molar-refractivity contribution is -0.121. The number of nitrogens with two attached hydrogens (primary N) is 1. The summed E-state index contributed by atoms with van der Waals surface area (Å²) in [4.78, 5) is 11.7. The van der Waals surface area contributed by atoms with Crippen molar-refractivity contribution in [3.8, 4) is 0 Å². The number of carbonyl (C=O) groups excluding carboxylic acids is 1. The molecule has 0 fully saturated rings. The van der Waals surface area contributed by atoms with Gasteiger partial charge in [-0.2, -0.15) is 0 Å². The fraction of sp³-hybridized carbons (Fsp3) is 0.562. The Balaban J connectivity index is 2.14. The lowest BCUT2D eigenvalue weighted by Gasteiger charge is -2.09. The number of carbonyl (C=O) groups is 1. The standard InChI is InChI=1S/C16H26N2O/c1-13-5-3-7-15(11-13)8-9-16(19)18-10-4-6-14(2)12-17/h3,5,7,11,14H,4,6,8-10,12,17H2,1-2H3,(H,18,19). The van der Waals surface area contributed by atoms with Crippen molar-refractivity contribution < 1.29 is 4.79 Å². The Morgan fingerprint density at radius 2 is 2.21 bits per heavy atom. The van der Waals surface area contributed by atoms with Gasteiger partial charge in [0, 0.05) is 13.0 Å². The molecule has 0 aliphatic heterocycles. The number of hydrogen-bond donors (Lipinski definition) is 2. The van der Waals surface area contributed by atoms with Crippen molar-refractivity contribution in [3.63, 3.8) is 0 Å². The van der Waals surface area contributed by atoms with Crippen LogP contribution in [-0.4, -0.2) is 19.0 Å². The number of amides is 1. The molecule has 0 aromatic heterocycles. The normalized spacial score (nSPS) is 12.2. The van der Waals surface area contributed by atoms with E-state index in [1.54, 1.807) is 0 Å². The number of rotatable bonds is 8. The molecule has 1 aromatic carbocycles. The number of benzene rings is 1. The molecule has 0 bridgehead atoms. The van der Waals surface area contributed by atoms with E-state index >= 15 is 0 Å². The Bertz CT molecular complexity index is 390. The van der Waals surface area contributed by atoms with Crippen molar-refractivity contribution in [2.24, 2.45) is 11.7 Å².